The lowest BCUT2D eigenvalue weighted by Crippen LogP contribution is -2.43. The lowest BCUT2D eigenvalue weighted by atomic mass is 9.84. The van der Waals surface area contributed by atoms with Crippen LogP contribution in [0.2, 0.25) is 0 Å². The van der Waals surface area contributed by atoms with Gasteiger partial charge in [0.15, 0.2) is 5.96 Å². The summed E-state index contributed by atoms with van der Waals surface area (Å²) in [6.07, 6.45) is 7.29. The number of aliphatic imine (C=N–C) groups is 1. The summed E-state index contributed by atoms with van der Waals surface area (Å²) in [4.78, 5) is 27.3. The maximum Gasteiger partial charge on any atom is 0.313 e. The molecule has 0 spiro atoms. The molecule has 24 heavy (non-hydrogen) atoms. The number of thioether (sulfide) groups is 1. The normalized spacial score (nSPS) is 30.3. The zero-order valence-corrected chi connectivity index (χ0v) is 14.8. The van der Waals surface area contributed by atoms with Crippen molar-refractivity contribution < 1.29 is 14.7 Å². The Morgan fingerprint density at radius 2 is 1.83 bits per heavy atom. The van der Waals surface area contributed by atoms with Crippen LogP contribution >= 0.6 is 11.8 Å². The molecular weight excluding hydrogens is 328 g/mol. The second-order valence-corrected chi connectivity index (χ2v) is 8.05. The van der Waals surface area contributed by atoms with Crippen molar-refractivity contribution in [1.82, 2.24) is 5.32 Å². The van der Waals surface area contributed by atoms with E-state index in [0.717, 1.165) is 44.9 Å². The van der Waals surface area contributed by atoms with Gasteiger partial charge in [0.2, 0.25) is 5.91 Å². The standard InChI is InChI=1S/C16H28N4O3S/c17-16(18)20-12-3-1-2-10(8-12)15(23)19-11-4-6-13(7-5-11)24-9-14(21)22/h10-13H,1-9H2,(H,19,23)(H,21,22)(H4,17,18,20). The first-order valence-corrected chi connectivity index (χ1v) is 9.71. The summed E-state index contributed by atoms with van der Waals surface area (Å²) in [6.45, 7) is 0. The number of nitrogens with two attached hydrogens (primary N) is 2. The fraction of sp³-hybridized carbons (Fsp3) is 0.812. The number of nitrogens with one attached hydrogen (secondary N) is 1. The van der Waals surface area contributed by atoms with Crippen LogP contribution in [0.4, 0.5) is 0 Å². The molecule has 2 rings (SSSR count). The van der Waals surface area contributed by atoms with Crippen LogP contribution in [0, 0.1) is 5.92 Å². The number of guanidine groups is 1. The van der Waals surface area contributed by atoms with Gasteiger partial charge in [-0.1, -0.05) is 6.42 Å². The second-order valence-electron chi connectivity index (χ2n) is 6.76. The monoisotopic (exact) mass is 356 g/mol. The molecule has 0 radical (unpaired) electrons. The molecule has 6 N–H and O–H groups in total. The Kier molecular flexibility index (Phi) is 7.20. The van der Waals surface area contributed by atoms with Gasteiger partial charge in [0.1, 0.15) is 0 Å². The molecule has 0 saturated heterocycles. The molecule has 7 nitrogen and oxygen atoms in total. The van der Waals surface area contributed by atoms with Gasteiger partial charge in [-0.15, -0.1) is 11.8 Å². The van der Waals surface area contributed by atoms with E-state index in [4.69, 9.17) is 16.6 Å². The van der Waals surface area contributed by atoms with Crippen LogP contribution in [0.25, 0.3) is 0 Å². The number of nitrogens with zero attached hydrogens (tertiary/aromatic N) is 1. The minimum atomic E-state index is -0.761. The van der Waals surface area contributed by atoms with E-state index < -0.39 is 5.97 Å². The molecular formula is C16H28N4O3S. The summed E-state index contributed by atoms with van der Waals surface area (Å²) < 4.78 is 0. The molecule has 2 unspecified atom stereocenters. The molecule has 2 aliphatic rings. The zero-order chi connectivity index (χ0) is 17.5. The first-order chi connectivity index (χ1) is 11.4. The Hall–Kier alpha value is -1.44. The highest BCUT2D eigenvalue weighted by Crippen LogP contribution is 2.30. The van der Waals surface area contributed by atoms with Crippen molar-refractivity contribution >= 4 is 29.6 Å². The first kappa shape index (κ1) is 18.9. The molecule has 2 saturated carbocycles. The molecule has 2 aliphatic carbocycles. The van der Waals surface area contributed by atoms with Gasteiger partial charge in [-0.3, -0.25) is 14.6 Å². The van der Waals surface area contributed by atoms with E-state index in [0.29, 0.717) is 11.7 Å². The first-order valence-electron chi connectivity index (χ1n) is 8.66. The molecule has 0 aliphatic heterocycles. The van der Waals surface area contributed by atoms with Gasteiger partial charge in [0.25, 0.3) is 0 Å². The Balaban J connectivity index is 1.73. The maximum atomic E-state index is 12.5. The van der Waals surface area contributed by atoms with E-state index in [2.05, 4.69) is 10.3 Å². The largest absolute Gasteiger partial charge is 0.481 e. The van der Waals surface area contributed by atoms with Crippen LogP contribution in [0.1, 0.15) is 51.4 Å². The number of rotatable bonds is 6. The lowest BCUT2D eigenvalue weighted by molar-refractivity contribution is -0.134. The molecule has 136 valence electrons. The van der Waals surface area contributed by atoms with Gasteiger partial charge in [0, 0.05) is 17.2 Å². The number of hydrogen-bond donors (Lipinski definition) is 4. The Morgan fingerprint density at radius 3 is 2.46 bits per heavy atom. The number of carboxylic acids is 1. The molecule has 0 aromatic heterocycles. The average Bonchev–Trinajstić information content (AvgIpc) is 2.53. The second kappa shape index (κ2) is 9.15. The average molecular weight is 356 g/mol. The lowest BCUT2D eigenvalue weighted by Gasteiger charge is -2.31. The summed E-state index contributed by atoms with van der Waals surface area (Å²) >= 11 is 1.51. The summed E-state index contributed by atoms with van der Waals surface area (Å²) in [5, 5.41) is 12.3. The fourth-order valence-corrected chi connectivity index (χ4v) is 4.60. The highest BCUT2D eigenvalue weighted by molar-refractivity contribution is 8.00. The van der Waals surface area contributed by atoms with Crippen molar-refractivity contribution in [2.45, 2.75) is 68.7 Å². The third kappa shape index (κ3) is 6.22. The predicted molar refractivity (Wildman–Crippen MR) is 95.8 cm³/mol. The van der Waals surface area contributed by atoms with E-state index in [-0.39, 0.29) is 35.6 Å². The Labute approximate surface area is 147 Å². The highest BCUT2D eigenvalue weighted by Gasteiger charge is 2.30. The van der Waals surface area contributed by atoms with Gasteiger partial charge in [0.05, 0.1) is 11.8 Å². The van der Waals surface area contributed by atoms with Crippen LogP contribution in [0.15, 0.2) is 4.99 Å². The van der Waals surface area contributed by atoms with Crippen molar-refractivity contribution in [1.29, 1.82) is 0 Å². The van der Waals surface area contributed by atoms with Gasteiger partial charge in [-0.25, -0.2) is 0 Å². The predicted octanol–water partition coefficient (Wildman–Crippen LogP) is 1.06. The van der Waals surface area contributed by atoms with E-state index in [1.54, 1.807) is 0 Å². The summed E-state index contributed by atoms with van der Waals surface area (Å²) in [6, 6.07) is 0.269. The number of amides is 1. The van der Waals surface area contributed by atoms with Crippen molar-refractivity contribution in [2.24, 2.45) is 22.4 Å². The highest BCUT2D eigenvalue weighted by atomic mass is 32.2. The topological polar surface area (TPSA) is 131 Å². The zero-order valence-electron chi connectivity index (χ0n) is 13.9. The molecule has 0 heterocycles. The summed E-state index contributed by atoms with van der Waals surface area (Å²) in [5.74, 6) is -0.393. The van der Waals surface area contributed by atoms with Crippen LogP contribution in [-0.2, 0) is 9.59 Å². The number of carbonyl (C=O) groups is 2. The molecule has 0 aromatic rings. The van der Waals surface area contributed by atoms with Crippen LogP contribution in [0.3, 0.4) is 0 Å². The Morgan fingerprint density at radius 1 is 1.12 bits per heavy atom. The number of carbonyl (C=O) groups excluding carboxylic acids is 1. The summed E-state index contributed by atoms with van der Waals surface area (Å²) in [7, 11) is 0. The molecule has 0 bridgehead atoms. The third-order valence-electron chi connectivity index (χ3n) is 4.81. The van der Waals surface area contributed by atoms with E-state index in [9.17, 15) is 9.59 Å². The van der Waals surface area contributed by atoms with Gasteiger partial charge < -0.3 is 21.9 Å². The van der Waals surface area contributed by atoms with Gasteiger partial charge in [-0.2, -0.15) is 0 Å². The van der Waals surface area contributed by atoms with E-state index in [1.807, 2.05) is 0 Å². The number of aliphatic carboxylic acids is 1. The molecule has 8 heteroatoms. The van der Waals surface area contributed by atoms with Gasteiger partial charge in [-0.05, 0) is 44.9 Å². The van der Waals surface area contributed by atoms with Gasteiger partial charge >= 0.3 is 5.97 Å². The van der Waals surface area contributed by atoms with Crippen LogP contribution < -0.4 is 16.8 Å². The van der Waals surface area contributed by atoms with E-state index >= 15 is 0 Å². The number of hydrogen-bond acceptors (Lipinski definition) is 4. The van der Waals surface area contributed by atoms with Crippen LogP contribution in [-0.4, -0.2) is 46.0 Å². The van der Waals surface area contributed by atoms with E-state index in [1.165, 1.54) is 11.8 Å². The fourth-order valence-electron chi connectivity index (χ4n) is 3.61. The summed E-state index contributed by atoms with van der Waals surface area (Å²) in [5.41, 5.74) is 10.9. The molecule has 2 atom stereocenters. The minimum absolute atomic E-state index is 0.00837. The van der Waals surface area contributed by atoms with Crippen molar-refractivity contribution in [3.05, 3.63) is 0 Å². The quantitative estimate of drug-likeness (QED) is 0.416. The third-order valence-corrected chi connectivity index (χ3v) is 6.17. The Bertz CT molecular complexity index is 474. The number of carboxylic acid groups (broad SMARTS) is 1. The molecule has 1 amide bonds. The molecule has 0 aromatic carbocycles. The smallest absolute Gasteiger partial charge is 0.313 e. The maximum absolute atomic E-state index is 12.5. The van der Waals surface area contributed by atoms with Crippen LogP contribution in [0.5, 0.6) is 0 Å². The van der Waals surface area contributed by atoms with Crippen molar-refractivity contribution in [2.75, 3.05) is 5.75 Å². The van der Waals surface area contributed by atoms with Crippen molar-refractivity contribution in [3.63, 3.8) is 0 Å². The minimum Gasteiger partial charge on any atom is -0.481 e. The SMILES string of the molecule is NC(N)=NC1CCCC(C(=O)NC2CCC(SCC(=O)O)CC2)C1. The molecule has 2 fully saturated rings. The van der Waals surface area contributed by atoms with Crippen molar-refractivity contribution in [3.8, 4) is 0 Å².